The Labute approximate surface area is 225 Å². The van der Waals surface area contributed by atoms with Crippen molar-refractivity contribution in [1.29, 1.82) is 0 Å². The van der Waals surface area contributed by atoms with Gasteiger partial charge in [-0.1, -0.05) is 103 Å². The smallest absolute Gasteiger partial charge is 0.243 e. The molecule has 3 aromatic carbocycles. The van der Waals surface area contributed by atoms with Gasteiger partial charge in [0.1, 0.15) is 6.04 Å². The first-order valence-electron chi connectivity index (χ1n) is 13.4. The van der Waals surface area contributed by atoms with Crippen molar-refractivity contribution in [3.8, 4) is 0 Å². The van der Waals surface area contributed by atoms with Crippen LogP contribution in [0.5, 0.6) is 0 Å². The van der Waals surface area contributed by atoms with Gasteiger partial charge in [-0.3, -0.25) is 9.59 Å². The lowest BCUT2D eigenvalue weighted by Gasteiger charge is -2.32. The summed E-state index contributed by atoms with van der Waals surface area (Å²) in [6.45, 7) is 2.49. The van der Waals surface area contributed by atoms with E-state index in [0.717, 1.165) is 48.3 Å². The number of hydrogen-bond acceptors (Lipinski definition) is 3. The maximum atomic E-state index is 13.7. The first-order chi connectivity index (χ1) is 18.1. The van der Waals surface area contributed by atoms with Crippen LogP contribution in [0.2, 0.25) is 0 Å². The molecular weight excluding hydrogens is 476 g/mol. The van der Waals surface area contributed by atoms with E-state index in [9.17, 15) is 9.59 Å². The highest BCUT2D eigenvalue weighted by Crippen LogP contribution is 2.21. The fraction of sp³-hybridized carbons (Fsp3) is 0.375. The molecule has 0 spiro atoms. The fourth-order valence-electron chi connectivity index (χ4n) is 4.88. The number of benzene rings is 3. The number of carbonyl (C=O) groups excluding carboxylic acids is 2. The molecule has 0 radical (unpaired) electrons. The third-order valence-corrected chi connectivity index (χ3v) is 8.05. The topological polar surface area (TPSA) is 49.4 Å². The molecule has 0 saturated heterocycles. The molecule has 4 nitrogen and oxygen atoms in total. The second-order valence-corrected chi connectivity index (χ2v) is 11.1. The second-order valence-electron chi connectivity index (χ2n) is 9.99. The van der Waals surface area contributed by atoms with Crippen LogP contribution in [0.1, 0.15) is 54.4 Å². The molecule has 2 amide bonds. The molecule has 5 heteroatoms. The van der Waals surface area contributed by atoms with Gasteiger partial charge in [-0.25, -0.2) is 0 Å². The Morgan fingerprint density at radius 3 is 2.14 bits per heavy atom. The summed E-state index contributed by atoms with van der Waals surface area (Å²) in [5.41, 5.74) is 4.55. The van der Waals surface area contributed by atoms with Gasteiger partial charge in [0.25, 0.3) is 0 Å². The van der Waals surface area contributed by atoms with Crippen LogP contribution in [0.15, 0.2) is 84.9 Å². The number of carbonyl (C=O) groups is 2. The molecule has 1 aliphatic rings. The third-order valence-electron chi connectivity index (χ3n) is 7.02. The molecule has 1 atom stereocenters. The first kappa shape index (κ1) is 27.0. The first-order valence-corrected chi connectivity index (χ1v) is 14.5. The standard InChI is InChI=1S/C32H38N2O2S/c1-25-16-18-27(19-17-25)23-34(31(35)20-21-37-24-28-12-6-3-7-13-28)30(22-26-10-4-2-5-11-26)32(36)33-29-14-8-9-15-29/h2-7,10-13,16-19,29-30H,8-9,14-15,20-24H2,1H3,(H,33,36)/t30-/m1/s1. The molecule has 194 valence electrons. The van der Waals surface area contributed by atoms with Crippen molar-refractivity contribution >= 4 is 23.6 Å². The molecule has 0 aromatic heterocycles. The Kier molecular flexibility index (Phi) is 10.2. The van der Waals surface area contributed by atoms with Gasteiger partial charge in [0.2, 0.25) is 11.8 Å². The van der Waals surface area contributed by atoms with Crippen LogP contribution in [-0.4, -0.2) is 34.6 Å². The molecule has 0 unspecified atom stereocenters. The van der Waals surface area contributed by atoms with Gasteiger partial charge in [-0.2, -0.15) is 11.8 Å². The van der Waals surface area contributed by atoms with Crippen molar-refractivity contribution in [3.05, 3.63) is 107 Å². The van der Waals surface area contributed by atoms with Crippen molar-refractivity contribution in [3.63, 3.8) is 0 Å². The van der Waals surface area contributed by atoms with E-state index in [1.165, 1.54) is 11.1 Å². The van der Waals surface area contributed by atoms with E-state index < -0.39 is 6.04 Å². The summed E-state index contributed by atoms with van der Waals surface area (Å²) >= 11 is 1.76. The maximum Gasteiger partial charge on any atom is 0.243 e. The second kappa shape index (κ2) is 14.0. The molecule has 0 bridgehead atoms. The predicted octanol–water partition coefficient (Wildman–Crippen LogP) is 6.32. The van der Waals surface area contributed by atoms with Crippen LogP contribution in [0.25, 0.3) is 0 Å². The van der Waals surface area contributed by atoms with Gasteiger partial charge in [-0.05, 0) is 36.5 Å². The highest BCUT2D eigenvalue weighted by molar-refractivity contribution is 7.98. The molecule has 3 aromatic rings. The minimum absolute atomic E-state index is 0.0311. The Morgan fingerprint density at radius 2 is 1.49 bits per heavy atom. The molecule has 1 N–H and O–H groups in total. The minimum atomic E-state index is -0.545. The zero-order valence-electron chi connectivity index (χ0n) is 21.8. The summed E-state index contributed by atoms with van der Waals surface area (Å²) in [7, 11) is 0. The maximum absolute atomic E-state index is 13.7. The van der Waals surface area contributed by atoms with Crippen molar-refractivity contribution in [2.24, 2.45) is 0 Å². The summed E-state index contributed by atoms with van der Waals surface area (Å²) in [6.07, 6.45) is 5.26. The van der Waals surface area contributed by atoms with Gasteiger partial charge in [0.05, 0.1) is 0 Å². The average molecular weight is 515 g/mol. The lowest BCUT2D eigenvalue weighted by atomic mass is 10.0. The van der Waals surface area contributed by atoms with Crippen molar-refractivity contribution < 1.29 is 9.59 Å². The molecule has 1 aliphatic carbocycles. The number of amides is 2. The minimum Gasteiger partial charge on any atom is -0.352 e. The number of rotatable bonds is 12. The van der Waals surface area contributed by atoms with Crippen LogP contribution in [0, 0.1) is 6.92 Å². The number of aryl methyl sites for hydroxylation is 1. The highest BCUT2D eigenvalue weighted by atomic mass is 32.2. The molecule has 0 heterocycles. The van der Waals surface area contributed by atoms with Crippen molar-refractivity contribution in [1.82, 2.24) is 10.2 Å². The lowest BCUT2D eigenvalue weighted by molar-refractivity contribution is -0.141. The van der Waals surface area contributed by atoms with E-state index in [0.29, 0.717) is 19.4 Å². The summed E-state index contributed by atoms with van der Waals surface area (Å²) in [5, 5.41) is 3.28. The van der Waals surface area contributed by atoms with E-state index in [2.05, 4.69) is 48.6 Å². The fourth-order valence-corrected chi connectivity index (χ4v) is 5.77. The third kappa shape index (κ3) is 8.50. The zero-order chi connectivity index (χ0) is 25.9. The summed E-state index contributed by atoms with van der Waals surface area (Å²) in [6, 6.07) is 28.3. The Hall–Kier alpha value is -3.05. The normalized spacial score (nSPS) is 14.3. The van der Waals surface area contributed by atoms with Crippen LogP contribution in [-0.2, 0) is 28.3 Å². The van der Waals surface area contributed by atoms with Crippen molar-refractivity contribution in [2.75, 3.05) is 5.75 Å². The van der Waals surface area contributed by atoms with E-state index in [4.69, 9.17) is 0 Å². The average Bonchev–Trinajstić information content (AvgIpc) is 3.44. The number of thioether (sulfide) groups is 1. The summed E-state index contributed by atoms with van der Waals surface area (Å²) < 4.78 is 0. The molecule has 1 saturated carbocycles. The monoisotopic (exact) mass is 514 g/mol. The number of hydrogen-bond donors (Lipinski definition) is 1. The molecule has 1 fully saturated rings. The molecule has 37 heavy (non-hydrogen) atoms. The summed E-state index contributed by atoms with van der Waals surface area (Å²) in [4.78, 5) is 29.3. The van der Waals surface area contributed by atoms with Gasteiger partial charge >= 0.3 is 0 Å². The van der Waals surface area contributed by atoms with Crippen LogP contribution >= 0.6 is 11.8 Å². The van der Waals surface area contributed by atoms with E-state index in [1.807, 2.05) is 53.4 Å². The molecule has 0 aliphatic heterocycles. The summed E-state index contributed by atoms with van der Waals surface area (Å²) in [5.74, 6) is 1.60. The van der Waals surface area contributed by atoms with E-state index in [1.54, 1.807) is 11.8 Å². The Bertz CT molecular complexity index is 1110. The number of nitrogens with zero attached hydrogens (tertiary/aromatic N) is 1. The van der Waals surface area contributed by atoms with Gasteiger partial charge in [0, 0.05) is 36.9 Å². The van der Waals surface area contributed by atoms with Crippen molar-refractivity contribution in [2.45, 2.75) is 69.8 Å². The van der Waals surface area contributed by atoms with E-state index in [-0.39, 0.29) is 17.9 Å². The lowest BCUT2D eigenvalue weighted by Crippen LogP contribution is -2.52. The largest absolute Gasteiger partial charge is 0.352 e. The number of nitrogens with one attached hydrogen (secondary N) is 1. The Morgan fingerprint density at radius 1 is 0.865 bits per heavy atom. The van der Waals surface area contributed by atoms with E-state index >= 15 is 0 Å². The van der Waals surface area contributed by atoms with Crippen LogP contribution < -0.4 is 5.32 Å². The van der Waals surface area contributed by atoms with Gasteiger partial charge < -0.3 is 10.2 Å². The molecular formula is C32H38N2O2S. The van der Waals surface area contributed by atoms with Crippen LogP contribution in [0.3, 0.4) is 0 Å². The molecule has 4 rings (SSSR count). The SMILES string of the molecule is Cc1ccc(CN(C(=O)CCSCc2ccccc2)[C@H](Cc2ccccc2)C(=O)NC2CCCC2)cc1. The zero-order valence-corrected chi connectivity index (χ0v) is 22.6. The predicted molar refractivity (Wildman–Crippen MR) is 153 cm³/mol. The Balaban J connectivity index is 1.52. The van der Waals surface area contributed by atoms with Gasteiger partial charge in [-0.15, -0.1) is 0 Å². The van der Waals surface area contributed by atoms with Gasteiger partial charge in [0.15, 0.2) is 0 Å². The van der Waals surface area contributed by atoms with Crippen LogP contribution in [0.4, 0.5) is 0 Å². The highest BCUT2D eigenvalue weighted by Gasteiger charge is 2.31. The quantitative estimate of drug-likeness (QED) is 0.288.